The molecular formula is C24H35N5O6S2. The molecule has 11 nitrogen and oxygen atoms in total. The van der Waals surface area contributed by atoms with Gasteiger partial charge in [-0.25, -0.2) is 28.0 Å². The number of hydrogen-bond acceptors (Lipinski definition) is 10. The van der Waals surface area contributed by atoms with Gasteiger partial charge in [-0.2, -0.15) is 0 Å². The van der Waals surface area contributed by atoms with Crippen molar-refractivity contribution in [3.8, 4) is 0 Å². The molecule has 0 aliphatic carbocycles. The summed E-state index contributed by atoms with van der Waals surface area (Å²) in [6, 6.07) is 1.45. The predicted octanol–water partition coefficient (Wildman–Crippen LogP) is 4.42. The maximum Gasteiger partial charge on any atom is 0.430 e. The molecule has 2 aromatic rings. The third-order valence-corrected chi connectivity index (χ3v) is 7.66. The third kappa shape index (κ3) is 6.89. The van der Waals surface area contributed by atoms with Crippen LogP contribution in [0.25, 0.3) is 0 Å². The number of rotatable bonds is 5. The molecule has 0 aromatic carbocycles. The van der Waals surface area contributed by atoms with Crippen molar-refractivity contribution in [2.45, 2.75) is 77.0 Å². The number of nitrogens with zero attached hydrogens (tertiary/aromatic N) is 5. The molecule has 13 heteroatoms. The maximum absolute atomic E-state index is 13.6. The monoisotopic (exact) mass is 553 g/mol. The Morgan fingerprint density at radius 2 is 1.76 bits per heavy atom. The van der Waals surface area contributed by atoms with Crippen LogP contribution >= 0.6 is 11.3 Å². The van der Waals surface area contributed by atoms with Crippen molar-refractivity contribution >= 4 is 45.2 Å². The Kier molecular flexibility index (Phi) is 8.08. The van der Waals surface area contributed by atoms with Gasteiger partial charge < -0.3 is 19.3 Å². The quantitative estimate of drug-likeness (QED) is 0.529. The summed E-state index contributed by atoms with van der Waals surface area (Å²) in [4.78, 5) is 37.2. The summed E-state index contributed by atoms with van der Waals surface area (Å²) in [7, 11) is -2.51. The van der Waals surface area contributed by atoms with Crippen molar-refractivity contribution in [1.29, 1.82) is 0 Å². The molecule has 2 amide bonds. The normalized spacial score (nSPS) is 16.4. The largest absolute Gasteiger partial charge is 0.444 e. The fourth-order valence-corrected chi connectivity index (χ4v) is 5.69. The highest BCUT2D eigenvalue weighted by Gasteiger charge is 2.37. The van der Waals surface area contributed by atoms with Crippen molar-refractivity contribution in [2.24, 2.45) is 0 Å². The minimum atomic E-state index is -4.36. The Morgan fingerprint density at radius 1 is 1.11 bits per heavy atom. The molecule has 1 fully saturated rings. The number of likely N-dealkylation sites (tertiary alicyclic amines) is 1. The van der Waals surface area contributed by atoms with Crippen LogP contribution in [0.1, 0.15) is 53.5 Å². The fourth-order valence-electron chi connectivity index (χ4n) is 3.81. The Bertz CT molecular complexity index is 1240. The maximum atomic E-state index is 13.6. The molecular weight excluding hydrogens is 518 g/mol. The molecule has 0 unspecified atom stereocenters. The Labute approximate surface area is 222 Å². The van der Waals surface area contributed by atoms with E-state index < -0.39 is 27.3 Å². The molecule has 1 aliphatic heterocycles. The lowest BCUT2D eigenvalue weighted by Crippen LogP contribution is -2.41. The summed E-state index contributed by atoms with van der Waals surface area (Å²) >= 11 is 1.16. The molecule has 37 heavy (non-hydrogen) atoms. The number of hydrogen-bond donors (Lipinski definition) is 0. The average molecular weight is 554 g/mol. The zero-order valence-corrected chi connectivity index (χ0v) is 24.1. The zero-order chi connectivity index (χ0) is 27.8. The highest BCUT2D eigenvalue weighted by Crippen LogP contribution is 2.29. The highest BCUT2D eigenvalue weighted by molar-refractivity contribution is 7.93. The number of ether oxygens (including phenoxy) is 2. The van der Waals surface area contributed by atoms with E-state index in [0.717, 1.165) is 11.3 Å². The van der Waals surface area contributed by atoms with E-state index in [9.17, 15) is 18.0 Å². The van der Waals surface area contributed by atoms with Gasteiger partial charge in [0.25, 0.3) is 10.0 Å². The van der Waals surface area contributed by atoms with Gasteiger partial charge in [-0.15, -0.1) is 15.6 Å². The first kappa shape index (κ1) is 28.6. The van der Waals surface area contributed by atoms with E-state index in [4.69, 9.17) is 9.47 Å². The predicted molar refractivity (Wildman–Crippen MR) is 142 cm³/mol. The lowest BCUT2D eigenvalue weighted by molar-refractivity contribution is 0.0292. The zero-order valence-electron chi connectivity index (χ0n) is 22.5. The Hall–Kier alpha value is -2.93. The van der Waals surface area contributed by atoms with Gasteiger partial charge in [0.2, 0.25) is 0 Å². The number of carbonyl (C=O) groups excluding carboxylic acids is 2. The third-order valence-electron chi connectivity index (χ3n) is 5.45. The molecule has 3 heterocycles. The van der Waals surface area contributed by atoms with Crippen molar-refractivity contribution in [1.82, 2.24) is 14.9 Å². The molecule has 1 aliphatic rings. The number of aromatic nitrogens is 2. The first-order valence-electron chi connectivity index (χ1n) is 11.8. The van der Waals surface area contributed by atoms with Crippen LogP contribution in [0.5, 0.6) is 0 Å². The molecule has 2 aromatic heterocycles. The number of carbonyl (C=O) groups is 2. The van der Waals surface area contributed by atoms with Crippen LogP contribution < -0.4 is 9.21 Å². The van der Waals surface area contributed by atoms with Gasteiger partial charge in [-0.05, 0) is 66.5 Å². The van der Waals surface area contributed by atoms with Gasteiger partial charge in [0.15, 0.2) is 5.82 Å². The van der Waals surface area contributed by atoms with Crippen molar-refractivity contribution in [3.63, 3.8) is 0 Å². The van der Waals surface area contributed by atoms with E-state index in [1.54, 1.807) is 32.6 Å². The van der Waals surface area contributed by atoms with Gasteiger partial charge in [-0.3, -0.25) is 0 Å². The summed E-state index contributed by atoms with van der Waals surface area (Å²) in [6.45, 7) is 13.2. The molecule has 1 saturated heterocycles. The van der Waals surface area contributed by atoms with Crippen LogP contribution in [0.3, 0.4) is 0 Å². The number of sulfonamides is 1. The second-order valence-corrected chi connectivity index (χ2v) is 13.4. The standard InChI is InChI=1S/C24H35N5O6S2/c1-16-11-18(37(32,33)29(19-14-36-15-26-19)22(31)35-24(5,6)7)12-25-20(16)27(8)17-9-10-28(13-17)21(30)34-23(2,3)4/h11-12,14-15,17H,9-10,13H2,1-8H3/t17-/m0/s1. The highest BCUT2D eigenvalue weighted by atomic mass is 32.2. The second kappa shape index (κ2) is 10.4. The number of likely N-dealkylation sites (N-methyl/N-ethyl adjacent to an activating group) is 1. The van der Waals surface area contributed by atoms with Gasteiger partial charge in [-0.1, -0.05) is 0 Å². The van der Waals surface area contributed by atoms with E-state index in [0.29, 0.717) is 35.2 Å². The fraction of sp³-hybridized carbons (Fsp3) is 0.583. The van der Waals surface area contributed by atoms with E-state index in [1.807, 2.05) is 32.7 Å². The number of anilines is 2. The molecule has 1 atom stereocenters. The van der Waals surface area contributed by atoms with Crippen LogP contribution in [-0.4, -0.2) is 72.9 Å². The van der Waals surface area contributed by atoms with Crippen LogP contribution in [0, 0.1) is 6.92 Å². The minimum absolute atomic E-state index is 0.0190. The number of aryl methyl sites for hydroxylation is 1. The molecule has 0 radical (unpaired) electrons. The van der Waals surface area contributed by atoms with E-state index in [1.165, 1.54) is 23.2 Å². The molecule has 3 rings (SSSR count). The molecule has 0 N–H and O–H groups in total. The second-order valence-electron chi connectivity index (χ2n) is 10.9. The average Bonchev–Trinajstić information content (AvgIpc) is 3.43. The van der Waals surface area contributed by atoms with Gasteiger partial charge in [0.05, 0.1) is 5.51 Å². The van der Waals surface area contributed by atoms with Crippen molar-refractivity contribution in [3.05, 3.63) is 28.7 Å². The van der Waals surface area contributed by atoms with Gasteiger partial charge in [0, 0.05) is 37.8 Å². The molecule has 0 bridgehead atoms. The van der Waals surface area contributed by atoms with Crippen molar-refractivity contribution < 1.29 is 27.5 Å². The SMILES string of the molecule is Cc1cc(S(=O)(=O)N(C(=O)OC(C)(C)C)c2cscn2)cnc1N(C)[C@H]1CCN(C(=O)OC(C)(C)C)C1. The summed E-state index contributed by atoms with van der Waals surface area (Å²) < 4.78 is 38.5. The van der Waals surface area contributed by atoms with Crippen LogP contribution in [0.15, 0.2) is 28.0 Å². The lowest BCUT2D eigenvalue weighted by Gasteiger charge is -2.29. The number of thiazole rings is 1. The van der Waals surface area contributed by atoms with E-state index >= 15 is 0 Å². The Balaban J connectivity index is 1.84. The van der Waals surface area contributed by atoms with Gasteiger partial charge >= 0.3 is 12.2 Å². The topological polar surface area (TPSA) is 122 Å². The van der Waals surface area contributed by atoms with Gasteiger partial charge in [0.1, 0.15) is 21.9 Å². The van der Waals surface area contributed by atoms with Crippen LogP contribution in [0.2, 0.25) is 0 Å². The Morgan fingerprint density at radius 3 is 2.30 bits per heavy atom. The van der Waals surface area contributed by atoms with E-state index in [2.05, 4.69) is 9.97 Å². The van der Waals surface area contributed by atoms with E-state index in [-0.39, 0.29) is 22.8 Å². The number of pyridine rings is 1. The van der Waals surface area contributed by atoms with Crippen LogP contribution in [0.4, 0.5) is 21.2 Å². The summed E-state index contributed by atoms with van der Waals surface area (Å²) in [5.41, 5.74) is 0.551. The smallest absolute Gasteiger partial charge is 0.430 e. The van der Waals surface area contributed by atoms with Crippen molar-refractivity contribution in [2.75, 3.05) is 29.3 Å². The first-order chi connectivity index (χ1) is 17.0. The summed E-state index contributed by atoms with van der Waals surface area (Å²) in [5.74, 6) is 0.527. The number of amides is 2. The first-order valence-corrected chi connectivity index (χ1v) is 14.2. The summed E-state index contributed by atoms with van der Waals surface area (Å²) in [5, 5.41) is 1.46. The summed E-state index contributed by atoms with van der Waals surface area (Å²) in [6.07, 6.45) is 0.523. The molecule has 0 spiro atoms. The molecule has 204 valence electrons. The van der Waals surface area contributed by atoms with Crippen LogP contribution in [-0.2, 0) is 19.5 Å². The lowest BCUT2D eigenvalue weighted by atomic mass is 10.2. The minimum Gasteiger partial charge on any atom is -0.444 e. The molecule has 0 saturated carbocycles.